The van der Waals surface area contributed by atoms with Crippen LogP contribution < -0.4 is 4.31 Å². The van der Waals surface area contributed by atoms with E-state index in [0.29, 0.717) is 22.8 Å². The van der Waals surface area contributed by atoms with Gasteiger partial charge in [-0.1, -0.05) is 49.7 Å². The SMILES string of the molecule is CC(C)CN(c1cccc(O)c1)S(=O)(=O)C=Cc1ccccc1Cl. The van der Waals surface area contributed by atoms with E-state index < -0.39 is 10.0 Å². The minimum atomic E-state index is -3.72. The van der Waals surface area contributed by atoms with E-state index in [1.54, 1.807) is 36.4 Å². The molecule has 0 bridgehead atoms. The maximum Gasteiger partial charge on any atom is 0.257 e. The molecular formula is C18H20ClNO3S. The zero-order chi connectivity index (χ0) is 17.7. The summed E-state index contributed by atoms with van der Waals surface area (Å²) in [5.41, 5.74) is 1.05. The van der Waals surface area contributed by atoms with Gasteiger partial charge in [0, 0.05) is 17.6 Å². The Kier molecular flexibility index (Phi) is 5.91. The number of hydrogen-bond acceptors (Lipinski definition) is 3. The molecule has 0 aliphatic carbocycles. The Bertz CT molecular complexity index is 832. The predicted molar refractivity (Wildman–Crippen MR) is 99.7 cm³/mol. The lowest BCUT2D eigenvalue weighted by Crippen LogP contribution is -2.32. The molecule has 0 aliphatic heterocycles. The van der Waals surface area contributed by atoms with E-state index in [2.05, 4.69) is 0 Å². The number of benzene rings is 2. The molecular weight excluding hydrogens is 346 g/mol. The highest BCUT2D eigenvalue weighted by atomic mass is 35.5. The second-order valence-corrected chi connectivity index (χ2v) is 7.96. The van der Waals surface area contributed by atoms with Crippen molar-refractivity contribution in [2.24, 2.45) is 5.92 Å². The molecule has 2 aromatic rings. The van der Waals surface area contributed by atoms with Gasteiger partial charge in [-0.05, 0) is 35.8 Å². The number of halogens is 1. The number of rotatable bonds is 6. The third-order valence-corrected chi connectivity index (χ3v) is 5.08. The smallest absolute Gasteiger partial charge is 0.257 e. The third kappa shape index (κ3) is 4.76. The zero-order valence-corrected chi connectivity index (χ0v) is 15.1. The van der Waals surface area contributed by atoms with Crippen LogP contribution in [0, 0.1) is 5.92 Å². The lowest BCUT2D eigenvalue weighted by atomic mass is 10.2. The van der Waals surface area contributed by atoms with E-state index in [1.165, 1.54) is 22.5 Å². The molecule has 0 spiro atoms. The molecule has 0 saturated carbocycles. The second-order valence-electron chi connectivity index (χ2n) is 5.81. The van der Waals surface area contributed by atoms with Crippen molar-refractivity contribution in [1.82, 2.24) is 0 Å². The van der Waals surface area contributed by atoms with Crippen LogP contribution in [0.15, 0.2) is 53.9 Å². The first-order valence-electron chi connectivity index (χ1n) is 7.54. The monoisotopic (exact) mass is 365 g/mol. The van der Waals surface area contributed by atoms with Crippen LogP contribution in [0.25, 0.3) is 6.08 Å². The molecule has 1 N–H and O–H groups in total. The molecule has 0 atom stereocenters. The average Bonchev–Trinajstić information content (AvgIpc) is 2.51. The van der Waals surface area contributed by atoms with Gasteiger partial charge >= 0.3 is 0 Å². The van der Waals surface area contributed by atoms with Crippen molar-refractivity contribution in [3.63, 3.8) is 0 Å². The number of phenolic OH excluding ortho intramolecular Hbond substituents is 1. The molecule has 0 unspecified atom stereocenters. The maximum absolute atomic E-state index is 12.8. The number of anilines is 1. The Morgan fingerprint density at radius 1 is 1.17 bits per heavy atom. The van der Waals surface area contributed by atoms with E-state index in [1.807, 2.05) is 13.8 Å². The van der Waals surface area contributed by atoms with Crippen molar-refractivity contribution in [1.29, 1.82) is 0 Å². The Hall–Kier alpha value is -1.98. The maximum atomic E-state index is 12.8. The van der Waals surface area contributed by atoms with Crippen LogP contribution in [0.1, 0.15) is 19.4 Å². The fourth-order valence-corrected chi connectivity index (χ4v) is 3.76. The van der Waals surface area contributed by atoms with Gasteiger partial charge in [-0.25, -0.2) is 8.42 Å². The Balaban J connectivity index is 2.39. The lowest BCUT2D eigenvalue weighted by molar-refractivity contribution is 0.475. The van der Waals surface area contributed by atoms with E-state index in [0.717, 1.165) is 5.41 Å². The normalized spacial score (nSPS) is 12.0. The summed E-state index contributed by atoms with van der Waals surface area (Å²) in [4.78, 5) is 0. The van der Waals surface area contributed by atoms with Crippen molar-refractivity contribution < 1.29 is 13.5 Å². The number of sulfonamides is 1. The van der Waals surface area contributed by atoms with Gasteiger partial charge in [-0.2, -0.15) is 0 Å². The second kappa shape index (κ2) is 7.73. The summed E-state index contributed by atoms with van der Waals surface area (Å²) >= 11 is 6.06. The zero-order valence-electron chi connectivity index (χ0n) is 13.6. The van der Waals surface area contributed by atoms with Crippen LogP contribution in [-0.2, 0) is 10.0 Å². The third-order valence-electron chi connectivity index (χ3n) is 3.28. The molecule has 2 aromatic carbocycles. The van der Waals surface area contributed by atoms with Gasteiger partial charge in [-0.15, -0.1) is 0 Å². The van der Waals surface area contributed by atoms with E-state index in [-0.39, 0.29) is 11.7 Å². The summed E-state index contributed by atoms with van der Waals surface area (Å²) in [5.74, 6) is 0.141. The first-order chi connectivity index (χ1) is 11.3. The molecule has 2 rings (SSSR count). The van der Waals surface area contributed by atoms with Crippen LogP contribution >= 0.6 is 11.6 Å². The molecule has 0 radical (unpaired) electrons. The van der Waals surface area contributed by atoms with E-state index >= 15 is 0 Å². The molecule has 0 amide bonds. The fourth-order valence-electron chi connectivity index (χ4n) is 2.18. The van der Waals surface area contributed by atoms with Crippen LogP contribution in [0.2, 0.25) is 5.02 Å². The van der Waals surface area contributed by atoms with E-state index in [4.69, 9.17) is 11.6 Å². The van der Waals surface area contributed by atoms with Crippen LogP contribution in [0.5, 0.6) is 5.75 Å². The van der Waals surface area contributed by atoms with Gasteiger partial charge in [0.05, 0.1) is 11.1 Å². The fraction of sp³-hybridized carbons (Fsp3) is 0.222. The number of nitrogens with zero attached hydrogens (tertiary/aromatic N) is 1. The van der Waals surface area contributed by atoms with Crippen molar-refractivity contribution in [2.45, 2.75) is 13.8 Å². The molecule has 0 fully saturated rings. The minimum absolute atomic E-state index is 0.0199. The summed E-state index contributed by atoms with van der Waals surface area (Å²) in [5, 5.41) is 11.3. The van der Waals surface area contributed by atoms with Crippen molar-refractivity contribution in [2.75, 3.05) is 10.8 Å². The first-order valence-corrected chi connectivity index (χ1v) is 9.42. The molecule has 0 aliphatic rings. The van der Waals surface area contributed by atoms with E-state index in [9.17, 15) is 13.5 Å². The van der Waals surface area contributed by atoms with Crippen molar-refractivity contribution in [3.8, 4) is 5.75 Å². The molecule has 128 valence electrons. The molecule has 4 nitrogen and oxygen atoms in total. The molecule has 0 saturated heterocycles. The van der Waals surface area contributed by atoms with Gasteiger partial charge < -0.3 is 5.11 Å². The minimum Gasteiger partial charge on any atom is -0.508 e. The molecule has 0 aromatic heterocycles. The topological polar surface area (TPSA) is 57.6 Å². The molecule has 0 heterocycles. The van der Waals surface area contributed by atoms with Gasteiger partial charge in [0.2, 0.25) is 0 Å². The van der Waals surface area contributed by atoms with Crippen LogP contribution in [0.4, 0.5) is 5.69 Å². The van der Waals surface area contributed by atoms with Crippen molar-refractivity contribution >= 4 is 33.4 Å². The average molecular weight is 366 g/mol. The largest absolute Gasteiger partial charge is 0.508 e. The standard InChI is InChI=1S/C18H20ClNO3S/c1-14(2)13-20(16-7-5-8-17(21)12-16)24(22,23)11-10-15-6-3-4-9-18(15)19/h3-12,14,21H,13H2,1-2H3. The van der Waals surface area contributed by atoms with Gasteiger partial charge in [0.25, 0.3) is 10.0 Å². The highest BCUT2D eigenvalue weighted by molar-refractivity contribution is 7.95. The summed E-state index contributed by atoms with van der Waals surface area (Å²) in [6.07, 6.45) is 1.48. The number of phenols is 1. The van der Waals surface area contributed by atoms with Crippen LogP contribution in [0.3, 0.4) is 0 Å². The molecule has 24 heavy (non-hydrogen) atoms. The molecule has 6 heteroatoms. The van der Waals surface area contributed by atoms with Gasteiger partial charge in [-0.3, -0.25) is 4.31 Å². The summed E-state index contributed by atoms with van der Waals surface area (Å²) in [6.45, 7) is 4.17. The highest BCUT2D eigenvalue weighted by Crippen LogP contribution is 2.25. The first kappa shape index (κ1) is 18.4. The van der Waals surface area contributed by atoms with Gasteiger partial charge in [0.15, 0.2) is 0 Å². The highest BCUT2D eigenvalue weighted by Gasteiger charge is 2.21. The number of hydrogen-bond donors (Lipinski definition) is 1. The summed E-state index contributed by atoms with van der Waals surface area (Å²) in [6, 6.07) is 13.2. The predicted octanol–water partition coefficient (Wildman–Crippen LogP) is 4.51. The lowest BCUT2D eigenvalue weighted by Gasteiger charge is -2.24. The summed E-state index contributed by atoms with van der Waals surface area (Å²) in [7, 11) is -3.72. The Morgan fingerprint density at radius 2 is 1.88 bits per heavy atom. The Labute approximate surface area is 148 Å². The Morgan fingerprint density at radius 3 is 2.50 bits per heavy atom. The van der Waals surface area contributed by atoms with Crippen molar-refractivity contribution in [3.05, 3.63) is 64.5 Å². The van der Waals surface area contributed by atoms with Gasteiger partial charge in [0.1, 0.15) is 5.75 Å². The van der Waals surface area contributed by atoms with Crippen LogP contribution in [-0.4, -0.2) is 20.1 Å². The number of aromatic hydroxyl groups is 1. The quantitative estimate of drug-likeness (QED) is 0.819. The summed E-state index contributed by atoms with van der Waals surface area (Å²) < 4.78 is 26.8.